The quantitative estimate of drug-likeness (QED) is 0.930. The first-order valence-corrected chi connectivity index (χ1v) is 7.74. The van der Waals surface area contributed by atoms with Crippen molar-refractivity contribution >= 4 is 11.6 Å². The van der Waals surface area contributed by atoms with Gasteiger partial charge >= 0.3 is 6.03 Å². The fourth-order valence-electron chi connectivity index (χ4n) is 2.61. The van der Waals surface area contributed by atoms with Crippen LogP contribution in [0.3, 0.4) is 0 Å². The molecule has 0 bridgehead atoms. The summed E-state index contributed by atoms with van der Waals surface area (Å²) in [6.07, 6.45) is 0. The lowest BCUT2D eigenvalue weighted by Gasteiger charge is -2.37. The molecule has 2 amide bonds. The molecule has 1 atom stereocenters. The van der Waals surface area contributed by atoms with Crippen LogP contribution in [0, 0.1) is 0 Å². The Morgan fingerprint density at radius 1 is 1.45 bits per heavy atom. The van der Waals surface area contributed by atoms with Crippen LogP contribution in [0.1, 0.15) is 38.8 Å². The van der Waals surface area contributed by atoms with Crippen LogP contribution >= 0.6 is 0 Å². The Morgan fingerprint density at radius 3 is 2.82 bits per heavy atom. The highest BCUT2D eigenvalue weighted by Gasteiger charge is 2.29. The Hall–Kier alpha value is -1.81. The summed E-state index contributed by atoms with van der Waals surface area (Å²) in [5, 5.41) is 3.14. The molecule has 1 unspecified atom stereocenters. The van der Waals surface area contributed by atoms with Crippen molar-refractivity contribution in [3.05, 3.63) is 42.0 Å². The van der Waals surface area contributed by atoms with Crippen molar-refractivity contribution in [1.29, 1.82) is 0 Å². The van der Waals surface area contributed by atoms with Crippen LogP contribution in [-0.2, 0) is 10.3 Å². The Bertz CT molecular complexity index is 566. The Labute approximate surface area is 133 Å². The summed E-state index contributed by atoms with van der Waals surface area (Å²) in [4.78, 5) is 14.4. The minimum absolute atomic E-state index is 0.0403. The minimum Gasteiger partial charge on any atom is -0.377 e. The number of nitrogens with one attached hydrogen (secondary N) is 1. The summed E-state index contributed by atoms with van der Waals surface area (Å²) >= 11 is 0. The van der Waals surface area contributed by atoms with E-state index in [-0.39, 0.29) is 12.1 Å². The van der Waals surface area contributed by atoms with Crippen LogP contribution < -0.4 is 5.32 Å². The van der Waals surface area contributed by atoms with Crippen LogP contribution in [0.5, 0.6) is 0 Å². The molecule has 120 valence electrons. The van der Waals surface area contributed by atoms with Crippen molar-refractivity contribution in [2.45, 2.75) is 39.3 Å². The van der Waals surface area contributed by atoms with E-state index in [1.807, 2.05) is 50.8 Å². The van der Waals surface area contributed by atoms with Crippen molar-refractivity contribution in [3.8, 4) is 0 Å². The zero-order chi connectivity index (χ0) is 16.3. The van der Waals surface area contributed by atoms with E-state index in [0.29, 0.717) is 19.8 Å². The zero-order valence-corrected chi connectivity index (χ0v) is 14.0. The fraction of sp³-hybridized carbons (Fsp3) is 0.500. The van der Waals surface area contributed by atoms with Gasteiger partial charge in [0, 0.05) is 6.54 Å². The molecular formula is C18H26N2O2. The summed E-state index contributed by atoms with van der Waals surface area (Å²) in [5.41, 5.74) is 2.74. The molecule has 4 heteroatoms. The number of carbonyl (C=O) groups is 1. The van der Waals surface area contributed by atoms with Gasteiger partial charge in [0.25, 0.3) is 0 Å². The number of ether oxygens (including phenoxy) is 1. The number of morpholine rings is 1. The monoisotopic (exact) mass is 302 g/mol. The Balaban J connectivity index is 2.14. The number of amides is 2. The van der Waals surface area contributed by atoms with E-state index in [9.17, 15) is 4.79 Å². The van der Waals surface area contributed by atoms with Crippen molar-refractivity contribution in [2.75, 3.05) is 19.8 Å². The number of hydrogen-bond acceptors (Lipinski definition) is 2. The predicted molar refractivity (Wildman–Crippen MR) is 89.7 cm³/mol. The van der Waals surface area contributed by atoms with Crippen LogP contribution in [0.2, 0.25) is 0 Å². The third-order valence-electron chi connectivity index (χ3n) is 4.12. The van der Waals surface area contributed by atoms with Gasteiger partial charge in [-0.15, -0.1) is 0 Å². The molecule has 0 aliphatic carbocycles. The number of nitrogens with zero attached hydrogens (tertiary/aromatic N) is 1. The van der Waals surface area contributed by atoms with Crippen molar-refractivity contribution in [3.63, 3.8) is 0 Å². The van der Waals surface area contributed by atoms with Crippen molar-refractivity contribution in [2.24, 2.45) is 0 Å². The second kappa shape index (κ2) is 6.53. The summed E-state index contributed by atoms with van der Waals surface area (Å²) < 4.78 is 5.39. The van der Waals surface area contributed by atoms with Gasteiger partial charge in [0.2, 0.25) is 0 Å². The third kappa shape index (κ3) is 3.69. The van der Waals surface area contributed by atoms with E-state index in [4.69, 9.17) is 4.74 Å². The summed E-state index contributed by atoms with van der Waals surface area (Å²) in [6, 6.07) is 8.23. The number of carbonyl (C=O) groups excluding carboxylic acids is 1. The fourth-order valence-corrected chi connectivity index (χ4v) is 2.61. The average Bonchev–Trinajstić information content (AvgIpc) is 2.47. The molecule has 1 heterocycles. The van der Waals surface area contributed by atoms with Gasteiger partial charge in [-0.25, -0.2) is 4.79 Å². The molecule has 22 heavy (non-hydrogen) atoms. The SMILES string of the molecule is C=C(C)c1cccc(C(C)(C)NC(=O)N2CCOCC2C)c1. The van der Waals surface area contributed by atoms with E-state index in [0.717, 1.165) is 16.7 Å². The number of rotatable bonds is 3. The maximum Gasteiger partial charge on any atom is 0.318 e. The lowest BCUT2D eigenvalue weighted by molar-refractivity contribution is 0.0174. The highest BCUT2D eigenvalue weighted by atomic mass is 16.5. The molecule has 0 radical (unpaired) electrons. The lowest BCUT2D eigenvalue weighted by atomic mass is 9.92. The normalized spacial score (nSPS) is 18.9. The Kier molecular flexibility index (Phi) is 4.91. The molecule has 1 aliphatic rings. The van der Waals surface area contributed by atoms with Crippen LogP contribution in [-0.4, -0.2) is 36.7 Å². The first-order valence-electron chi connectivity index (χ1n) is 7.74. The molecule has 1 aliphatic heterocycles. The first kappa shape index (κ1) is 16.6. The average molecular weight is 302 g/mol. The smallest absolute Gasteiger partial charge is 0.318 e. The number of allylic oxidation sites excluding steroid dienone is 1. The number of urea groups is 1. The standard InChI is InChI=1S/C18H26N2O2/c1-13(2)15-7-6-8-16(11-15)18(4,5)19-17(21)20-9-10-22-12-14(20)3/h6-8,11,14H,1,9-10,12H2,2-5H3,(H,19,21). The molecule has 1 aromatic rings. The van der Waals surface area contributed by atoms with Gasteiger partial charge in [-0.2, -0.15) is 0 Å². The van der Waals surface area contributed by atoms with Gasteiger partial charge in [-0.3, -0.25) is 0 Å². The first-order chi connectivity index (χ1) is 10.3. The molecule has 1 saturated heterocycles. The zero-order valence-electron chi connectivity index (χ0n) is 14.0. The van der Waals surface area contributed by atoms with Crippen molar-refractivity contribution in [1.82, 2.24) is 10.2 Å². The van der Waals surface area contributed by atoms with E-state index in [1.54, 1.807) is 0 Å². The van der Waals surface area contributed by atoms with Crippen LogP contribution in [0.25, 0.3) is 5.57 Å². The topological polar surface area (TPSA) is 41.6 Å². The van der Waals surface area contributed by atoms with Gasteiger partial charge in [0.15, 0.2) is 0 Å². The molecule has 0 saturated carbocycles. The molecule has 0 spiro atoms. The summed E-state index contributed by atoms with van der Waals surface area (Å²) in [7, 11) is 0. The summed E-state index contributed by atoms with van der Waals surface area (Å²) in [5.74, 6) is 0. The second-order valence-electron chi connectivity index (χ2n) is 6.53. The maximum atomic E-state index is 12.6. The molecular weight excluding hydrogens is 276 g/mol. The molecule has 0 aromatic heterocycles. The maximum absolute atomic E-state index is 12.6. The third-order valence-corrected chi connectivity index (χ3v) is 4.12. The predicted octanol–water partition coefficient (Wildman–Crippen LogP) is 3.39. The van der Waals surface area contributed by atoms with Gasteiger partial charge in [-0.05, 0) is 44.9 Å². The molecule has 1 fully saturated rings. The van der Waals surface area contributed by atoms with Crippen molar-refractivity contribution < 1.29 is 9.53 Å². The van der Waals surface area contributed by atoms with E-state index in [1.165, 1.54) is 0 Å². The molecule has 1 aromatic carbocycles. The van der Waals surface area contributed by atoms with E-state index < -0.39 is 5.54 Å². The van der Waals surface area contributed by atoms with Gasteiger partial charge in [0.05, 0.1) is 24.8 Å². The van der Waals surface area contributed by atoms with Gasteiger partial charge in [0.1, 0.15) is 0 Å². The second-order valence-corrected chi connectivity index (χ2v) is 6.53. The van der Waals surface area contributed by atoms with Crippen LogP contribution in [0.4, 0.5) is 4.79 Å². The minimum atomic E-state index is -0.444. The van der Waals surface area contributed by atoms with Gasteiger partial charge < -0.3 is 15.0 Å². The van der Waals surface area contributed by atoms with E-state index in [2.05, 4.69) is 18.0 Å². The highest BCUT2D eigenvalue weighted by molar-refractivity contribution is 5.76. The number of benzene rings is 1. The molecule has 2 rings (SSSR count). The molecule has 4 nitrogen and oxygen atoms in total. The van der Waals surface area contributed by atoms with Gasteiger partial charge in [-0.1, -0.05) is 30.4 Å². The van der Waals surface area contributed by atoms with Crippen LogP contribution in [0.15, 0.2) is 30.8 Å². The lowest BCUT2D eigenvalue weighted by Crippen LogP contribution is -2.55. The number of hydrogen-bond donors (Lipinski definition) is 1. The Morgan fingerprint density at radius 2 is 2.18 bits per heavy atom. The van der Waals surface area contributed by atoms with E-state index >= 15 is 0 Å². The largest absolute Gasteiger partial charge is 0.377 e. The highest BCUT2D eigenvalue weighted by Crippen LogP contribution is 2.24. The molecule has 1 N–H and O–H groups in total. The summed E-state index contributed by atoms with van der Waals surface area (Å²) in [6.45, 7) is 13.9.